The van der Waals surface area contributed by atoms with Gasteiger partial charge in [-0.15, -0.1) is 0 Å². The molecule has 2 heterocycles. The van der Waals surface area contributed by atoms with Crippen LogP contribution in [0.4, 0.5) is 5.82 Å². The maximum Gasteiger partial charge on any atom is 0.316 e. The van der Waals surface area contributed by atoms with Crippen LogP contribution < -0.4 is 10.1 Å². The number of hydrogen-bond acceptors (Lipinski definition) is 6. The Morgan fingerprint density at radius 2 is 1.86 bits per heavy atom. The van der Waals surface area contributed by atoms with E-state index in [4.69, 9.17) is 4.74 Å². The highest BCUT2D eigenvalue weighted by Crippen LogP contribution is 2.23. The van der Waals surface area contributed by atoms with Gasteiger partial charge in [0.1, 0.15) is 5.82 Å². The van der Waals surface area contributed by atoms with Crippen LogP contribution in [0.3, 0.4) is 0 Å². The number of anilines is 1. The van der Waals surface area contributed by atoms with E-state index >= 15 is 0 Å². The van der Waals surface area contributed by atoms with Gasteiger partial charge in [0.25, 0.3) is 0 Å². The van der Waals surface area contributed by atoms with Gasteiger partial charge in [0.05, 0.1) is 12.5 Å². The normalized spacial score (nSPS) is 11.8. The summed E-state index contributed by atoms with van der Waals surface area (Å²) >= 11 is 0. The van der Waals surface area contributed by atoms with Gasteiger partial charge in [0.2, 0.25) is 0 Å². The lowest BCUT2D eigenvalue weighted by Gasteiger charge is -2.12. The topological polar surface area (TPSA) is 97.2 Å². The molecule has 0 saturated heterocycles. The summed E-state index contributed by atoms with van der Waals surface area (Å²) < 4.78 is 5.20. The summed E-state index contributed by atoms with van der Waals surface area (Å²) in [5.41, 5.74) is 1.74. The number of aryl methyl sites for hydroxylation is 1. The van der Waals surface area contributed by atoms with Gasteiger partial charge in [-0.2, -0.15) is 0 Å². The fourth-order valence-corrected chi connectivity index (χ4v) is 3.09. The van der Waals surface area contributed by atoms with Crippen molar-refractivity contribution in [3.63, 3.8) is 0 Å². The van der Waals surface area contributed by atoms with Crippen LogP contribution in [0.2, 0.25) is 0 Å². The van der Waals surface area contributed by atoms with Crippen molar-refractivity contribution in [2.75, 3.05) is 19.0 Å². The Kier molecular flexibility index (Phi) is 9.18. The first kappa shape index (κ1) is 21.6. The monoisotopic (exact) mass is 386 g/mol. The summed E-state index contributed by atoms with van der Waals surface area (Å²) in [5.74, 6) is -0.497. The highest BCUT2D eigenvalue weighted by Gasteiger charge is 2.20. The minimum atomic E-state index is -0.830. The van der Waals surface area contributed by atoms with E-state index in [2.05, 4.69) is 26.3 Å². The SMILES string of the molecule is CCOc1ncc([C@H](CCCCCCCc2cccc(NC)n2)C(=O)O)cn1. The highest BCUT2D eigenvalue weighted by atomic mass is 16.5. The zero-order chi connectivity index (χ0) is 20.2. The number of hydrogen-bond donors (Lipinski definition) is 2. The van der Waals surface area contributed by atoms with Crippen LogP contribution in [0, 0.1) is 0 Å². The molecule has 28 heavy (non-hydrogen) atoms. The lowest BCUT2D eigenvalue weighted by atomic mass is 9.95. The van der Waals surface area contributed by atoms with Gasteiger partial charge in [-0.05, 0) is 38.3 Å². The van der Waals surface area contributed by atoms with Crippen molar-refractivity contribution in [1.29, 1.82) is 0 Å². The van der Waals surface area contributed by atoms with Gasteiger partial charge in [0.15, 0.2) is 0 Å². The largest absolute Gasteiger partial charge is 0.481 e. The number of aromatic nitrogens is 3. The smallest absolute Gasteiger partial charge is 0.316 e. The summed E-state index contributed by atoms with van der Waals surface area (Å²) in [4.78, 5) is 24.3. The van der Waals surface area contributed by atoms with Crippen LogP contribution in [0.5, 0.6) is 6.01 Å². The fourth-order valence-electron chi connectivity index (χ4n) is 3.09. The number of nitrogens with zero attached hydrogens (tertiary/aromatic N) is 3. The first-order chi connectivity index (χ1) is 13.6. The molecule has 0 aliphatic carbocycles. The molecule has 7 heteroatoms. The van der Waals surface area contributed by atoms with Crippen LogP contribution >= 0.6 is 0 Å². The highest BCUT2D eigenvalue weighted by molar-refractivity contribution is 5.75. The number of unbranched alkanes of at least 4 members (excludes halogenated alkanes) is 4. The van der Waals surface area contributed by atoms with Crippen molar-refractivity contribution in [2.45, 2.75) is 57.8 Å². The second kappa shape index (κ2) is 11.9. The van der Waals surface area contributed by atoms with Crippen molar-refractivity contribution < 1.29 is 14.6 Å². The van der Waals surface area contributed by atoms with E-state index in [0.717, 1.165) is 50.0 Å². The Balaban J connectivity index is 1.68. The Morgan fingerprint density at radius 3 is 2.54 bits per heavy atom. The maximum atomic E-state index is 11.6. The van der Waals surface area contributed by atoms with Crippen LogP contribution in [0.1, 0.15) is 62.6 Å². The molecule has 0 spiro atoms. The first-order valence-corrected chi connectivity index (χ1v) is 9.95. The third kappa shape index (κ3) is 7.13. The molecular weight excluding hydrogens is 356 g/mol. The molecule has 0 bridgehead atoms. The molecule has 0 fully saturated rings. The Bertz CT molecular complexity index is 722. The molecule has 7 nitrogen and oxygen atoms in total. The number of nitrogens with one attached hydrogen (secondary N) is 1. The van der Waals surface area contributed by atoms with E-state index in [1.54, 1.807) is 12.4 Å². The first-order valence-electron chi connectivity index (χ1n) is 9.95. The van der Waals surface area contributed by atoms with Crippen LogP contribution in [-0.4, -0.2) is 39.7 Å². The lowest BCUT2D eigenvalue weighted by Crippen LogP contribution is -2.12. The Hall–Kier alpha value is -2.70. The van der Waals surface area contributed by atoms with Crippen molar-refractivity contribution in [2.24, 2.45) is 0 Å². The average molecular weight is 386 g/mol. The van der Waals surface area contributed by atoms with Crippen molar-refractivity contribution in [1.82, 2.24) is 15.0 Å². The van der Waals surface area contributed by atoms with E-state index < -0.39 is 11.9 Å². The number of aliphatic carboxylic acids is 1. The lowest BCUT2D eigenvalue weighted by molar-refractivity contribution is -0.139. The zero-order valence-electron chi connectivity index (χ0n) is 16.7. The summed E-state index contributed by atoms with van der Waals surface area (Å²) in [6.45, 7) is 2.34. The van der Waals surface area contributed by atoms with E-state index in [1.807, 2.05) is 26.1 Å². The molecule has 0 aliphatic rings. The van der Waals surface area contributed by atoms with Crippen molar-refractivity contribution in [3.8, 4) is 6.01 Å². The van der Waals surface area contributed by atoms with Crippen LogP contribution in [0.15, 0.2) is 30.6 Å². The molecule has 0 aromatic carbocycles. The fraction of sp³-hybridized carbons (Fsp3) is 0.524. The molecule has 0 unspecified atom stereocenters. The minimum Gasteiger partial charge on any atom is -0.481 e. The quantitative estimate of drug-likeness (QED) is 0.501. The minimum absolute atomic E-state index is 0.283. The molecule has 2 aromatic heterocycles. The average Bonchev–Trinajstić information content (AvgIpc) is 2.71. The summed E-state index contributed by atoms with van der Waals surface area (Å²) in [7, 11) is 1.87. The number of rotatable bonds is 13. The van der Waals surface area contributed by atoms with E-state index in [-0.39, 0.29) is 6.01 Å². The molecule has 0 radical (unpaired) electrons. The summed E-state index contributed by atoms with van der Waals surface area (Å²) in [5, 5.41) is 12.6. The Labute approximate surface area is 166 Å². The number of ether oxygens (including phenoxy) is 1. The molecular formula is C21H30N4O3. The number of carboxylic acids is 1. The van der Waals surface area contributed by atoms with Gasteiger partial charge < -0.3 is 15.2 Å². The van der Waals surface area contributed by atoms with E-state index in [0.29, 0.717) is 18.6 Å². The van der Waals surface area contributed by atoms with Gasteiger partial charge in [0, 0.05) is 30.7 Å². The molecule has 2 aromatic rings. The zero-order valence-corrected chi connectivity index (χ0v) is 16.7. The van der Waals surface area contributed by atoms with Crippen molar-refractivity contribution >= 4 is 11.8 Å². The van der Waals surface area contributed by atoms with E-state index in [1.165, 1.54) is 0 Å². The maximum absolute atomic E-state index is 11.6. The van der Waals surface area contributed by atoms with Gasteiger partial charge in [-0.1, -0.05) is 31.7 Å². The van der Waals surface area contributed by atoms with Crippen LogP contribution in [-0.2, 0) is 11.2 Å². The summed E-state index contributed by atoms with van der Waals surface area (Å²) in [6.07, 6.45) is 9.88. The van der Waals surface area contributed by atoms with Crippen molar-refractivity contribution in [3.05, 3.63) is 41.9 Å². The molecule has 152 valence electrons. The molecule has 0 amide bonds. The van der Waals surface area contributed by atoms with Gasteiger partial charge in [-0.3, -0.25) is 4.79 Å². The summed E-state index contributed by atoms with van der Waals surface area (Å²) in [6, 6.07) is 6.31. The molecule has 2 rings (SSSR count). The van der Waals surface area contributed by atoms with Gasteiger partial charge >= 0.3 is 12.0 Å². The van der Waals surface area contributed by atoms with E-state index in [9.17, 15) is 9.90 Å². The third-order valence-corrected chi connectivity index (χ3v) is 4.61. The van der Waals surface area contributed by atoms with Crippen LogP contribution in [0.25, 0.3) is 0 Å². The standard InChI is InChI=1S/C21H30N4O3/c1-3-28-21-23-14-16(15-24-21)18(20(26)27)12-8-6-4-5-7-10-17-11-9-13-19(22-2)25-17/h9,11,13-15,18H,3-8,10,12H2,1-2H3,(H,22,25)(H,26,27)/t18-/m0/s1. The second-order valence-corrected chi connectivity index (χ2v) is 6.69. The predicted octanol–water partition coefficient (Wildman–Crippen LogP) is 4.06. The number of pyridine rings is 1. The molecule has 1 atom stereocenters. The molecule has 0 aliphatic heterocycles. The second-order valence-electron chi connectivity index (χ2n) is 6.69. The van der Waals surface area contributed by atoms with Gasteiger partial charge in [-0.25, -0.2) is 15.0 Å². The number of carbonyl (C=O) groups is 1. The predicted molar refractivity (Wildman–Crippen MR) is 109 cm³/mol. The number of carboxylic acid groups (broad SMARTS) is 1. The molecule has 0 saturated carbocycles. The third-order valence-electron chi connectivity index (χ3n) is 4.61. The Morgan fingerprint density at radius 1 is 1.14 bits per heavy atom. The molecule has 2 N–H and O–H groups in total.